The second-order valence-electron chi connectivity index (χ2n) is 9.24. The molecule has 3 aromatic carbocycles. The lowest BCUT2D eigenvalue weighted by molar-refractivity contribution is -0.130. The van der Waals surface area contributed by atoms with Crippen molar-refractivity contribution in [3.63, 3.8) is 0 Å². The van der Waals surface area contributed by atoms with Crippen LogP contribution in [-0.2, 0) is 10.3 Å². The molecule has 0 bridgehead atoms. The number of aliphatic imine (C=N–C) groups is 1. The molecule has 1 amide bonds. The molecule has 1 saturated carbocycles. The van der Waals surface area contributed by atoms with E-state index in [-0.39, 0.29) is 11.9 Å². The second kappa shape index (κ2) is 7.73. The minimum absolute atomic E-state index is 0.107. The number of halogens is 1. The van der Waals surface area contributed by atoms with Crippen LogP contribution in [0.2, 0.25) is 0 Å². The maximum Gasteiger partial charge on any atom is 0.239 e. The van der Waals surface area contributed by atoms with Crippen LogP contribution < -0.4 is 11.5 Å². The van der Waals surface area contributed by atoms with E-state index in [0.717, 1.165) is 16.7 Å². The van der Waals surface area contributed by atoms with Crippen LogP contribution in [0.15, 0.2) is 71.7 Å². The molecule has 1 aliphatic carbocycles. The molecule has 1 aliphatic heterocycles. The SMILES string of the molecule is CN1C(=O)[C@H](c2ccc(C3CC3)cc2)[C@@](C)(c2cccc(-c3cc(N)cc(F)c3)c2)N=C1N. The van der Waals surface area contributed by atoms with E-state index in [0.29, 0.717) is 17.2 Å². The summed E-state index contributed by atoms with van der Waals surface area (Å²) in [7, 11) is 1.65. The molecule has 6 heteroatoms. The van der Waals surface area contributed by atoms with Crippen molar-refractivity contribution in [2.75, 3.05) is 12.8 Å². The Balaban J connectivity index is 1.62. The number of hydrogen-bond donors (Lipinski definition) is 2. The van der Waals surface area contributed by atoms with Crippen LogP contribution in [-0.4, -0.2) is 23.8 Å². The molecule has 2 aliphatic rings. The van der Waals surface area contributed by atoms with E-state index in [2.05, 4.69) is 12.1 Å². The van der Waals surface area contributed by atoms with Gasteiger partial charge in [0.1, 0.15) is 11.4 Å². The molecule has 5 nitrogen and oxygen atoms in total. The fourth-order valence-corrected chi connectivity index (χ4v) is 4.79. The number of guanidine groups is 1. The zero-order valence-electron chi connectivity index (χ0n) is 18.8. The zero-order valence-corrected chi connectivity index (χ0v) is 18.8. The van der Waals surface area contributed by atoms with Gasteiger partial charge >= 0.3 is 0 Å². The molecular formula is C27H27FN4O. The maximum absolute atomic E-state index is 14.0. The van der Waals surface area contributed by atoms with Crippen molar-refractivity contribution in [3.05, 3.63) is 89.2 Å². The third-order valence-electron chi connectivity index (χ3n) is 6.85. The third-order valence-corrected chi connectivity index (χ3v) is 6.85. The fourth-order valence-electron chi connectivity index (χ4n) is 4.79. The molecule has 0 unspecified atom stereocenters. The monoisotopic (exact) mass is 442 g/mol. The highest BCUT2D eigenvalue weighted by Gasteiger charge is 2.47. The van der Waals surface area contributed by atoms with Gasteiger partial charge in [-0.1, -0.05) is 42.5 Å². The number of nitrogens with two attached hydrogens (primary N) is 2. The first-order valence-electron chi connectivity index (χ1n) is 11.2. The number of nitrogens with zero attached hydrogens (tertiary/aromatic N) is 2. The van der Waals surface area contributed by atoms with Gasteiger partial charge in [-0.05, 0) is 77.8 Å². The number of hydrogen-bond acceptors (Lipinski definition) is 4. The van der Waals surface area contributed by atoms with E-state index in [1.54, 1.807) is 13.1 Å². The zero-order chi connectivity index (χ0) is 23.3. The lowest BCUT2D eigenvalue weighted by Crippen LogP contribution is -2.52. The van der Waals surface area contributed by atoms with E-state index in [4.69, 9.17) is 16.5 Å². The topological polar surface area (TPSA) is 84.7 Å². The second-order valence-corrected chi connectivity index (χ2v) is 9.24. The minimum atomic E-state index is -0.927. The van der Waals surface area contributed by atoms with Crippen molar-refractivity contribution in [3.8, 4) is 11.1 Å². The highest BCUT2D eigenvalue weighted by Crippen LogP contribution is 2.46. The Morgan fingerprint density at radius 1 is 0.970 bits per heavy atom. The average molecular weight is 443 g/mol. The van der Waals surface area contributed by atoms with Gasteiger partial charge in [0.2, 0.25) is 5.91 Å². The first kappa shape index (κ1) is 21.2. The molecule has 1 fully saturated rings. The summed E-state index contributed by atoms with van der Waals surface area (Å²) >= 11 is 0. The Kier molecular flexibility index (Phi) is 4.96. The summed E-state index contributed by atoms with van der Waals surface area (Å²) in [6.07, 6.45) is 2.45. The molecule has 33 heavy (non-hydrogen) atoms. The lowest BCUT2D eigenvalue weighted by atomic mass is 9.74. The molecule has 5 rings (SSSR count). The van der Waals surface area contributed by atoms with Gasteiger partial charge < -0.3 is 11.5 Å². The average Bonchev–Trinajstić information content (AvgIpc) is 3.63. The van der Waals surface area contributed by atoms with Gasteiger partial charge in [0, 0.05) is 12.7 Å². The van der Waals surface area contributed by atoms with E-state index in [1.165, 1.54) is 35.4 Å². The lowest BCUT2D eigenvalue weighted by Gasteiger charge is -2.41. The van der Waals surface area contributed by atoms with Crippen LogP contribution in [0.25, 0.3) is 11.1 Å². The van der Waals surface area contributed by atoms with Gasteiger partial charge in [-0.3, -0.25) is 9.69 Å². The molecule has 0 saturated heterocycles. The highest BCUT2D eigenvalue weighted by molar-refractivity contribution is 6.02. The first-order valence-corrected chi connectivity index (χ1v) is 11.2. The van der Waals surface area contributed by atoms with Crippen molar-refractivity contribution in [1.29, 1.82) is 0 Å². The van der Waals surface area contributed by atoms with Gasteiger partial charge in [-0.15, -0.1) is 0 Å². The van der Waals surface area contributed by atoms with E-state index < -0.39 is 17.3 Å². The Hall–Kier alpha value is -3.67. The van der Waals surface area contributed by atoms with E-state index in [1.807, 2.05) is 43.3 Å². The Morgan fingerprint density at radius 2 is 1.67 bits per heavy atom. The Bertz CT molecular complexity index is 1250. The van der Waals surface area contributed by atoms with Gasteiger partial charge in [-0.2, -0.15) is 0 Å². The van der Waals surface area contributed by atoms with Crippen molar-refractivity contribution >= 4 is 17.6 Å². The predicted octanol–water partition coefficient (Wildman–Crippen LogP) is 4.74. The number of benzene rings is 3. The molecule has 0 radical (unpaired) electrons. The predicted molar refractivity (Wildman–Crippen MR) is 129 cm³/mol. The Morgan fingerprint density at radius 3 is 2.33 bits per heavy atom. The minimum Gasteiger partial charge on any atom is -0.399 e. The van der Waals surface area contributed by atoms with Crippen molar-refractivity contribution in [2.45, 2.75) is 37.1 Å². The summed E-state index contributed by atoms with van der Waals surface area (Å²) < 4.78 is 14.0. The summed E-state index contributed by atoms with van der Waals surface area (Å²) in [5.41, 5.74) is 16.0. The summed E-state index contributed by atoms with van der Waals surface area (Å²) in [6.45, 7) is 1.93. The van der Waals surface area contributed by atoms with Gasteiger partial charge in [0.15, 0.2) is 5.96 Å². The largest absolute Gasteiger partial charge is 0.399 e. The molecule has 0 spiro atoms. The smallest absolute Gasteiger partial charge is 0.239 e. The standard InChI is InChI=1S/C27H27FN4O/c1-27(21-5-3-4-19(12-21)20-13-22(28)15-23(29)14-20)24(25(33)32(2)26(30)31-27)18-10-8-17(9-11-18)16-6-7-16/h3-5,8-16,24H,6-7,29H2,1-2H3,(H2,30,31)/t24-,27+/m0/s1. The molecule has 3 aromatic rings. The Labute approximate surface area is 192 Å². The van der Waals surface area contributed by atoms with E-state index >= 15 is 0 Å². The first-order chi connectivity index (χ1) is 15.8. The number of carbonyl (C=O) groups is 1. The number of carbonyl (C=O) groups excluding carboxylic acids is 1. The molecule has 0 aromatic heterocycles. The van der Waals surface area contributed by atoms with Crippen LogP contribution in [0.4, 0.5) is 10.1 Å². The van der Waals surface area contributed by atoms with Gasteiger partial charge in [0.25, 0.3) is 0 Å². The third kappa shape index (κ3) is 3.75. The number of nitrogen functional groups attached to an aromatic ring is 1. The summed E-state index contributed by atoms with van der Waals surface area (Å²) in [4.78, 5) is 19.7. The fraction of sp³-hybridized carbons (Fsp3) is 0.259. The van der Waals surface area contributed by atoms with Crippen LogP contribution in [0, 0.1) is 5.82 Å². The van der Waals surface area contributed by atoms with Gasteiger partial charge in [-0.25, -0.2) is 9.38 Å². The van der Waals surface area contributed by atoms with Crippen LogP contribution in [0.1, 0.15) is 48.3 Å². The van der Waals surface area contributed by atoms with Gasteiger partial charge in [0.05, 0.1) is 5.92 Å². The van der Waals surface area contributed by atoms with Crippen LogP contribution >= 0.6 is 0 Å². The summed E-state index contributed by atoms with van der Waals surface area (Å²) in [5, 5.41) is 0. The van der Waals surface area contributed by atoms with Crippen molar-refractivity contribution in [2.24, 2.45) is 10.7 Å². The van der Waals surface area contributed by atoms with Crippen molar-refractivity contribution in [1.82, 2.24) is 4.90 Å². The van der Waals surface area contributed by atoms with E-state index in [9.17, 15) is 9.18 Å². The summed E-state index contributed by atoms with van der Waals surface area (Å²) in [5.74, 6) is -0.236. The number of amides is 1. The van der Waals surface area contributed by atoms with Crippen LogP contribution in [0.5, 0.6) is 0 Å². The number of rotatable bonds is 4. The molecular weight excluding hydrogens is 415 g/mol. The molecule has 1 heterocycles. The normalized spacial score (nSPS) is 22.9. The molecule has 4 N–H and O–H groups in total. The van der Waals surface area contributed by atoms with Crippen LogP contribution in [0.3, 0.4) is 0 Å². The quantitative estimate of drug-likeness (QED) is 0.573. The summed E-state index contributed by atoms with van der Waals surface area (Å²) in [6, 6.07) is 20.4. The molecule has 168 valence electrons. The number of likely N-dealkylation sites (N-methyl/N-ethyl adjacent to an activating group) is 1. The maximum atomic E-state index is 14.0. The molecule has 2 atom stereocenters. The highest BCUT2D eigenvalue weighted by atomic mass is 19.1. The van der Waals surface area contributed by atoms with Crippen molar-refractivity contribution < 1.29 is 9.18 Å². The number of anilines is 1.